The van der Waals surface area contributed by atoms with Gasteiger partial charge in [-0.05, 0) is 86.5 Å². The van der Waals surface area contributed by atoms with E-state index in [2.05, 4.69) is 32.8 Å². The van der Waals surface area contributed by atoms with Crippen LogP contribution in [0.4, 0.5) is 0 Å². The second kappa shape index (κ2) is 9.75. The third-order valence-corrected chi connectivity index (χ3v) is 9.81. The molecule has 0 aromatic heterocycles. The largest absolute Gasteiger partial charge is 0.457 e. The smallest absolute Gasteiger partial charge is 0.338 e. The molecule has 0 radical (unpaired) electrons. The van der Waals surface area contributed by atoms with Crippen LogP contribution in [-0.4, -0.2) is 46.6 Å². The molecular weight excluding hydrogens is 468 g/mol. The van der Waals surface area contributed by atoms with Crippen LogP contribution in [0.2, 0.25) is 0 Å². The summed E-state index contributed by atoms with van der Waals surface area (Å²) in [6.45, 7) is 8.42. The summed E-state index contributed by atoms with van der Waals surface area (Å²) < 4.78 is 19.3. The van der Waals surface area contributed by atoms with Gasteiger partial charge in [0.25, 0.3) is 0 Å². The van der Waals surface area contributed by atoms with E-state index in [0.717, 1.165) is 32.1 Å². The van der Waals surface area contributed by atoms with Gasteiger partial charge in [0.05, 0.1) is 5.56 Å². The number of aliphatic hydroxyl groups is 1. The Balaban J connectivity index is 1.47. The molecule has 2 bridgehead atoms. The lowest BCUT2D eigenvalue weighted by Crippen LogP contribution is -2.62. The van der Waals surface area contributed by atoms with Gasteiger partial charge < -0.3 is 19.3 Å². The number of aliphatic hydroxyl groups excluding tert-OH is 1. The first kappa shape index (κ1) is 26.3. The molecule has 0 spiro atoms. The van der Waals surface area contributed by atoms with Crippen molar-refractivity contribution in [1.29, 1.82) is 0 Å². The first-order chi connectivity index (χ1) is 17.6. The highest BCUT2D eigenvalue weighted by atomic mass is 16.6. The van der Waals surface area contributed by atoms with E-state index in [0.29, 0.717) is 17.9 Å². The number of hydrogen-bond donors (Lipinski definition) is 1. The molecule has 6 heteroatoms. The molecular formula is C31H40O6. The summed E-state index contributed by atoms with van der Waals surface area (Å²) in [7, 11) is 0. The molecule has 8 atom stereocenters. The van der Waals surface area contributed by atoms with E-state index in [9.17, 15) is 14.7 Å². The highest BCUT2D eigenvalue weighted by Crippen LogP contribution is 2.63. The highest BCUT2D eigenvalue weighted by Gasteiger charge is 2.72. The zero-order valence-electron chi connectivity index (χ0n) is 22.5. The standard InChI is InChI=1S/C31H40O6/c1-6-9-24(32)29(34)35-25-17-31(18(2)3)27(26-19(4)12-15-23(26)30(25,5)37-31)36-28(33)22-14-13-20-10-7-8-11-21(20)16-22/h1,13-14,16,18-19,23-27,32H,7-12,15,17H2,2-5H3/t19-,23-,24-,25-,26-,27+,30+,31-/m1/s1. The van der Waals surface area contributed by atoms with Crippen LogP contribution in [-0.2, 0) is 31.8 Å². The number of ether oxygens (including phenoxy) is 3. The molecule has 200 valence electrons. The van der Waals surface area contributed by atoms with Gasteiger partial charge in [0.2, 0.25) is 0 Å². The van der Waals surface area contributed by atoms with Crippen molar-refractivity contribution in [1.82, 2.24) is 0 Å². The van der Waals surface area contributed by atoms with Crippen LogP contribution >= 0.6 is 0 Å². The van der Waals surface area contributed by atoms with Crippen molar-refractivity contribution >= 4 is 11.9 Å². The first-order valence-corrected chi connectivity index (χ1v) is 14.0. The van der Waals surface area contributed by atoms with Gasteiger partial charge in [0, 0.05) is 18.8 Å². The molecule has 1 saturated carbocycles. The zero-order valence-corrected chi connectivity index (χ0v) is 22.5. The SMILES string of the molecule is C#CC[C@@H](O)C(=O)O[C@@H]1C[C@]2(C(C)C)O[C@@]1(C)[C@@H]1CC[C@@H](C)[C@H]1[C@@H]2OC(=O)c1ccc2c(c1)CCCC2. The van der Waals surface area contributed by atoms with Crippen molar-refractivity contribution in [2.45, 2.75) is 109 Å². The summed E-state index contributed by atoms with van der Waals surface area (Å²) in [6, 6.07) is 5.98. The Kier molecular flexibility index (Phi) is 6.92. The normalized spacial score (nSPS) is 36.8. The summed E-state index contributed by atoms with van der Waals surface area (Å²) in [5.41, 5.74) is 1.65. The van der Waals surface area contributed by atoms with Gasteiger partial charge in [-0.1, -0.05) is 26.8 Å². The van der Waals surface area contributed by atoms with Crippen LogP contribution in [0.5, 0.6) is 0 Å². The lowest BCUT2D eigenvalue weighted by molar-refractivity contribution is -0.259. The minimum atomic E-state index is -1.36. The van der Waals surface area contributed by atoms with Gasteiger partial charge >= 0.3 is 11.9 Å². The second-order valence-corrected chi connectivity index (χ2v) is 12.2. The van der Waals surface area contributed by atoms with E-state index in [1.54, 1.807) is 0 Å². The van der Waals surface area contributed by atoms with E-state index in [1.807, 2.05) is 19.1 Å². The summed E-state index contributed by atoms with van der Waals surface area (Å²) >= 11 is 0. The fraction of sp³-hybridized carbons (Fsp3) is 0.677. The number of carbonyl (C=O) groups is 2. The number of fused-ring (bicyclic) bond motifs is 5. The van der Waals surface area contributed by atoms with Crippen LogP contribution in [0, 0.1) is 36.0 Å². The number of esters is 2. The third-order valence-electron chi connectivity index (χ3n) is 9.81. The summed E-state index contributed by atoms with van der Waals surface area (Å²) in [5, 5.41) is 10.2. The van der Waals surface area contributed by atoms with E-state index in [-0.39, 0.29) is 30.1 Å². The monoisotopic (exact) mass is 508 g/mol. The van der Waals surface area contributed by atoms with Crippen LogP contribution in [0.25, 0.3) is 0 Å². The average Bonchev–Trinajstić information content (AvgIpc) is 3.39. The molecule has 37 heavy (non-hydrogen) atoms. The maximum atomic E-state index is 13.6. The maximum Gasteiger partial charge on any atom is 0.338 e. The lowest BCUT2D eigenvalue weighted by Gasteiger charge is -2.53. The minimum absolute atomic E-state index is 0.0150. The van der Waals surface area contributed by atoms with E-state index in [4.69, 9.17) is 20.6 Å². The van der Waals surface area contributed by atoms with Gasteiger partial charge in [0.1, 0.15) is 23.4 Å². The summed E-state index contributed by atoms with van der Waals surface area (Å²) in [4.78, 5) is 26.3. The van der Waals surface area contributed by atoms with Crippen molar-refractivity contribution in [3.05, 3.63) is 34.9 Å². The number of benzene rings is 1. The predicted molar refractivity (Wildman–Crippen MR) is 139 cm³/mol. The van der Waals surface area contributed by atoms with Crippen LogP contribution in [0.15, 0.2) is 18.2 Å². The average molecular weight is 509 g/mol. The maximum absolute atomic E-state index is 13.6. The molecule has 2 aliphatic carbocycles. The Morgan fingerprint density at radius 1 is 1.19 bits per heavy atom. The Labute approximate surface area is 220 Å². The Hall–Kier alpha value is -2.36. The highest BCUT2D eigenvalue weighted by molar-refractivity contribution is 5.90. The van der Waals surface area contributed by atoms with Crippen LogP contribution < -0.4 is 0 Å². The molecule has 2 saturated heterocycles. The predicted octanol–water partition coefficient (Wildman–Crippen LogP) is 4.64. The van der Waals surface area contributed by atoms with Gasteiger partial charge in [-0.15, -0.1) is 12.3 Å². The van der Waals surface area contributed by atoms with E-state index < -0.39 is 35.5 Å². The molecule has 2 aliphatic heterocycles. The molecule has 6 nitrogen and oxygen atoms in total. The Morgan fingerprint density at radius 3 is 2.62 bits per heavy atom. The molecule has 3 fully saturated rings. The molecule has 1 aromatic carbocycles. The van der Waals surface area contributed by atoms with Gasteiger partial charge in [-0.3, -0.25) is 0 Å². The van der Waals surface area contributed by atoms with Crippen molar-refractivity contribution < 1.29 is 28.9 Å². The van der Waals surface area contributed by atoms with Gasteiger partial charge in [-0.25, -0.2) is 9.59 Å². The van der Waals surface area contributed by atoms with Gasteiger partial charge in [0.15, 0.2) is 6.10 Å². The van der Waals surface area contributed by atoms with E-state index in [1.165, 1.54) is 17.5 Å². The fourth-order valence-corrected chi connectivity index (χ4v) is 7.70. The lowest BCUT2D eigenvalue weighted by atomic mass is 9.69. The van der Waals surface area contributed by atoms with Crippen molar-refractivity contribution in [3.8, 4) is 12.3 Å². The number of hydrogen-bond acceptors (Lipinski definition) is 6. The minimum Gasteiger partial charge on any atom is -0.457 e. The molecule has 1 N–H and O–H groups in total. The molecule has 1 aromatic rings. The first-order valence-electron chi connectivity index (χ1n) is 14.0. The topological polar surface area (TPSA) is 82.1 Å². The Morgan fingerprint density at radius 2 is 1.92 bits per heavy atom. The number of terminal acetylenes is 1. The van der Waals surface area contributed by atoms with E-state index >= 15 is 0 Å². The number of rotatable bonds is 6. The van der Waals surface area contributed by atoms with Gasteiger partial charge in [-0.2, -0.15) is 0 Å². The van der Waals surface area contributed by atoms with Crippen LogP contribution in [0.1, 0.15) is 87.7 Å². The third kappa shape index (κ3) is 4.29. The number of carbonyl (C=O) groups excluding carboxylic acids is 2. The zero-order chi connectivity index (χ0) is 26.5. The molecule has 2 heterocycles. The molecule has 0 amide bonds. The molecule has 0 unspecified atom stereocenters. The molecule has 5 rings (SSSR count). The quantitative estimate of drug-likeness (QED) is 0.446. The van der Waals surface area contributed by atoms with Crippen molar-refractivity contribution in [2.24, 2.45) is 23.7 Å². The summed E-state index contributed by atoms with van der Waals surface area (Å²) in [6.07, 6.45) is 9.55. The molecule has 4 aliphatic rings. The Bertz CT molecular complexity index is 1100. The number of aryl methyl sites for hydroxylation is 2. The van der Waals surface area contributed by atoms with Crippen molar-refractivity contribution in [2.75, 3.05) is 0 Å². The summed E-state index contributed by atoms with van der Waals surface area (Å²) in [5.74, 6) is 1.82. The fourth-order valence-electron chi connectivity index (χ4n) is 7.70. The second-order valence-electron chi connectivity index (χ2n) is 12.2. The van der Waals surface area contributed by atoms with Crippen molar-refractivity contribution in [3.63, 3.8) is 0 Å². The van der Waals surface area contributed by atoms with Crippen LogP contribution in [0.3, 0.4) is 0 Å².